The number of fused-ring (bicyclic) bond motifs is 1. The fraction of sp³-hybridized carbons (Fsp3) is 0.208. The number of hydrogen-bond donors (Lipinski definition) is 1. The zero-order valence-electron chi connectivity index (χ0n) is 17.4. The van der Waals surface area contributed by atoms with Gasteiger partial charge in [-0.1, -0.05) is 47.5 Å². The predicted octanol–water partition coefficient (Wildman–Crippen LogP) is 4.99. The van der Waals surface area contributed by atoms with Crippen LogP contribution in [0.4, 0.5) is 5.69 Å². The highest BCUT2D eigenvalue weighted by Crippen LogP contribution is 2.28. The lowest BCUT2D eigenvalue weighted by molar-refractivity contribution is 0.103. The number of amides is 1. The summed E-state index contributed by atoms with van der Waals surface area (Å²) in [5.74, 6) is -0.216. The number of nitrogens with zero attached hydrogens (tertiary/aromatic N) is 2. The predicted molar refractivity (Wildman–Crippen MR) is 123 cm³/mol. The van der Waals surface area contributed by atoms with E-state index in [1.807, 2.05) is 64.1 Å². The second-order valence-electron chi connectivity index (χ2n) is 7.68. The SMILES string of the molecule is Cc1cccc(Cn2cnc3sc(C(=O)Nc4ccc(C)cc4C)c(C)c3c2=O)c1. The van der Waals surface area contributed by atoms with Crippen molar-refractivity contribution in [3.63, 3.8) is 0 Å². The van der Waals surface area contributed by atoms with Crippen molar-refractivity contribution in [2.45, 2.75) is 34.2 Å². The lowest BCUT2D eigenvalue weighted by Gasteiger charge is -2.08. The zero-order valence-corrected chi connectivity index (χ0v) is 18.3. The molecule has 0 saturated heterocycles. The van der Waals surface area contributed by atoms with Crippen LogP contribution in [0.5, 0.6) is 0 Å². The summed E-state index contributed by atoms with van der Waals surface area (Å²) >= 11 is 1.26. The third-order valence-electron chi connectivity index (χ3n) is 5.19. The van der Waals surface area contributed by atoms with Gasteiger partial charge in [-0.3, -0.25) is 14.2 Å². The maximum absolute atomic E-state index is 13.1. The Bertz CT molecular complexity index is 1330. The summed E-state index contributed by atoms with van der Waals surface area (Å²) in [7, 11) is 0. The number of rotatable bonds is 4. The van der Waals surface area contributed by atoms with Gasteiger partial charge in [0.1, 0.15) is 4.83 Å². The summed E-state index contributed by atoms with van der Waals surface area (Å²) < 4.78 is 1.60. The largest absolute Gasteiger partial charge is 0.321 e. The smallest absolute Gasteiger partial charge is 0.266 e. The molecular formula is C24H23N3O2S. The average molecular weight is 418 g/mol. The Morgan fingerprint density at radius 2 is 1.83 bits per heavy atom. The Hall–Kier alpha value is -3.25. The number of anilines is 1. The van der Waals surface area contributed by atoms with Crippen molar-refractivity contribution in [1.29, 1.82) is 0 Å². The van der Waals surface area contributed by atoms with Crippen LogP contribution in [0.25, 0.3) is 10.2 Å². The lowest BCUT2D eigenvalue weighted by Crippen LogP contribution is -2.21. The van der Waals surface area contributed by atoms with E-state index in [1.54, 1.807) is 10.9 Å². The molecule has 0 bridgehead atoms. The van der Waals surface area contributed by atoms with Crippen molar-refractivity contribution in [2.24, 2.45) is 0 Å². The van der Waals surface area contributed by atoms with Crippen LogP contribution in [0.1, 0.15) is 37.5 Å². The molecule has 0 atom stereocenters. The van der Waals surface area contributed by atoms with E-state index in [1.165, 1.54) is 11.3 Å². The van der Waals surface area contributed by atoms with E-state index >= 15 is 0 Å². The fourth-order valence-electron chi connectivity index (χ4n) is 3.63. The van der Waals surface area contributed by atoms with Crippen molar-refractivity contribution < 1.29 is 4.79 Å². The molecule has 0 spiro atoms. The van der Waals surface area contributed by atoms with Gasteiger partial charge in [-0.15, -0.1) is 11.3 Å². The number of thiophene rings is 1. The molecule has 2 aromatic heterocycles. The molecule has 30 heavy (non-hydrogen) atoms. The molecule has 4 rings (SSSR count). The normalized spacial score (nSPS) is 11.1. The van der Waals surface area contributed by atoms with Crippen molar-refractivity contribution in [2.75, 3.05) is 5.32 Å². The summed E-state index contributed by atoms with van der Waals surface area (Å²) in [6, 6.07) is 13.9. The molecule has 0 saturated carbocycles. The highest BCUT2D eigenvalue weighted by molar-refractivity contribution is 7.20. The van der Waals surface area contributed by atoms with E-state index in [0.717, 1.165) is 27.9 Å². The maximum Gasteiger partial charge on any atom is 0.266 e. The number of hydrogen-bond acceptors (Lipinski definition) is 4. The van der Waals surface area contributed by atoms with Gasteiger partial charge >= 0.3 is 0 Å². The molecule has 0 aliphatic rings. The van der Waals surface area contributed by atoms with Crippen LogP contribution in [0.2, 0.25) is 0 Å². The standard InChI is InChI=1S/C24H23N3O2S/c1-14-6-5-7-18(11-14)12-27-13-25-23-20(24(27)29)17(4)21(30-23)22(28)26-19-9-8-15(2)10-16(19)3/h5-11,13H,12H2,1-4H3,(H,26,28). The Morgan fingerprint density at radius 1 is 1.07 bits per heavy atom. The summed E-state index contributed by atoms with van der Waals surface area (Å²) in [6.45, 7) is 8.27. The topological polar surface area (TPSA) is 64.0 Å². The molecule has 0 unspecified atom stereocenters. The van der Waals surface area contributed by atoms with Crippen LogP contribution in [-0.4, -0.2) is 15.5 Å². The first kappa shape index (κ1) is 20.0. The molecule has 4 aromatic rings. The summed E-state index contributed by atoms with van der Waals surface area (Å²) in [5.41, 5.74) is 5.65. The van der Waals surface area contributed by atoms with Gasteiger partial charge < -0.3 is 5.32 Å². The number of nitrogens with one attached hydrogen (secondary N) is 1. The second kappa shape index (κ2) is 7.88. The molecule has 152 valence electrons. The molecule has 0 radical (unpaired) electrons. The molecule has 0 fully saturated rings. The van der Waals surface area contributed by atoms with Gasteiger partial charge in [-0.05, 0) is 50.5 Å². The quantitative estimate of drug-likeness (QED) is 0.509. The van der Waals surface area contributed by atoms with Crippen LogP contribution in [0.15, 0.2) is 53.6 Å². The van der Waals surface area contributed by atoms with E-state index in [2.05, 4.69) is 16.4 Å². The van der Waals surface area contributed by atoms with E-state index in [0.29, 0.717) is 27.2 Å². The Morgan fingerprint density at radius 3 is 2.57 bits per heavy atom. The first-order valence-corrected chi connectivity index (χ1v) is 10.6. The van der Waals surface area contributed by atoms with Gasteiger partial charge in [0, 0.05) is 5.69 Å². The minimum absolute atomic E-state index is 0.124. The number of aromatic nitrogens is 2. The van der Waals surface area contributed by atoms with E-state index < -0.39 is 0 Å². The van der Waals surface area contributed by atoms with Gasteiger partial charge in [0.2, 0.25) is 0 Å². The van der Waals surface area contributed by atoms with Crippen LogP contribution in [0.3, 0.4) is 0 Å². The fourth-order valence-corrected chi connectivity index (χ4v) is 4.66. The molecule has 6 heteroatoms. The van der Waals surface area contributed by atoms with Gasteiger partial charge in [0.05, 0.1) is 23.1 Å². The highest BCUT2D eigenvalue weighted by Gasteiger charge is 2.20. The molecule has 5 nitrogen and oxygen atoms in total. The number of aryl methyl sites for hydroxylation is 4. The molecular weight excluding hydrogens is 394 g/mol. The summed E-state index contributed by atoms with van der Waals surface area (Å²) in [6.07, 6.45) is 1.56. The molecule has 1 amide bonds. The van der Waals surface area contributed by atoms with Crippen molar-refractivity contribution in [1.82, 2.24) is 9.55 Å². The zero-order chi connectivity index (χ0) is 21.4. The first-order valence-electron chi connectivity index (χ1n) is 9.76. The first-order chi connectivity index (χ1) is 14.3. The highest BCUT2D eigenvalue weighted by atomic mass is 32.1. The minimum atomic E-state index is -0.216. The third kappa shape index (κ3) is 3.78. The minimum Gasteiger partial charge on any atom is -0.321 e. The Balaban J connectivity index is 1.69. The third-order valence-corrected chi connectivity index (χ3v) is 6.39. The number of carbonyl (C=O) groups excluding carboxylic acids is 1. The average Bonchev–Trinajstić information content (AvgIpc) is 3.04. The Labute approximate surface area is 179 Å². The second-order valence-corrected chi connectivity index (χ2v) is 8.67. The van der Waals surface area contributed by atoms with E-state index in [9.17, 15) is 9.59 Å². The monoisotopic (exact) mass is 417 g/mol. The van der Waals surface area contributed by atoms with Gasteiger partial charge in [-0.2, -0.15) is 0 Å². The van der Waals surface area contributed by atoms with E-state index in [4.69, 9.17) is 0 Å². The van der Waals surface area contributed by atoms with Gasteiger partial charge in [0.25, 0.3) is 11.5 Å². The van der Waals surface area contributed by atoms with Crippen molar-refractivity contribution >= 4 is 33.1 Å². The number of benzene rings is 2. The lowest BCUT2D eigenvalue weighted by atomic mass is 10.1. The van der Waals surface area contributed by atoms with E-state index in [-0.39, 0.29) is 11.5 Å². The van der Waals surface area contributed by atoms with Crippen molar-refractivity contribution in [3.05, 3.63) is 91.8 Å². The summed E-state index contributed by atoms with van der Waals surface area (Å²) in [5, 5.41) is 3.49. The molecule has 0 aliphatic carbocycles. The van der Waals surface area contributed by atoms with Crippen LogP contribution in [-0.2, 0) is 6.54 Å². The maximum atomic E-state index is 13.1. The van der Waals surface area contributed by atoms with Gasteiger partial charge in [-0.25, -0.2) is 4.98 Å². The molecule has 2 heterocycles. The molecule has 1 N–H and O–H groups in total. The number of carbonyl (C=O) groups is 1. The van der Waals surface area contributed by atoms with Gasteiger partial charge in [0.15, 0.2) is 0 Å². The molecule has 0 aliphatic heterocycles. The Kier molecular flexibility index (Phi) is 5.26. The van der Waals surface area contributed by atoms with Crippen LogP contribution >= 0.6 is 11.3 Å². The summed E-state index contributed by atoms with van der Waals surface area (Å²) in [4.78, 5) is 31.6. The van der Waals surface area contributed by atoms with Crippen LogP contribution < -0.4 is 10.9 Å². The van der Waals surface area contributed by atoms with Crippen molar-refractivity contribution in [3.8, 4) is 0 Å². The molecule has 2 aromatic carbocycles. The van der Waals surface area contributed by atoms with Crippen LogP contribution in [0, 0.1) is 27.7 Å².